The quantitative estimate of drug-likeness (QED) is 0.797. The van der Waals surface area contributed by atoms with Crippen molar-refractivity contribution in [1.29, 1.82) is 5.26 Å². The Hall–Kier alpha value is -1.34. The average molecular weight is 282 g/mol. The number of ether oxygens (including phenoxy) is 1. The van der Waals surface area contributed by atoms with Crippen LogP contribution in [0.3, 0.4) is 0 Å². The maximum atomic E-state index is 11.9. The summed E-state index contributed by atoms with van der Waals surface area (Å²) >= 11 is 3.31. The van der Waals surface area contributed by atoms with E-state index in [0.717, 1.165) is 4.47 Å². The van der Waals surface area contributed by atoms with Crippen molar-refractivity contribution in [2.45, 2.75) is 13.3 Å². The number of nitrogens with zero attached hydrogens (tertiary/aromatic N) is 1. The molecule has 0 aliphatic carbocycles. The summed E-state index contributed by atoms with van der Waals surface area (Å²) in [6.45, 7) is 1.73. The van der Waals surface area contributed by atoms with E-state index in [-0.39, 0.29) is 18.1 Å². The molecular weight excluding hydrogens is 270 g/mol. The Labute approximate surface area is 103 Å². The van der Waals surface area contributed by atoms with Crippen LogP contribution >= 0.6 is 15.9 Å². The second-order valence-corrected chi connectivity index (χ2v) is 4.36. The molecule has 1 aromatic carbocycles. The Balaban J connectivity index is 2.95. The Morgan fingerprint density at radius 2 is 2.31 bits per heavy atom. The van der Waals surface area contributed by atoms with Gasteiger partial charge in [-0.25, -0.2) is 0 Å². The summed E-state index contributed by atoms with van der Waals surface area (Å²) in [7, 11) is 1.55. The number of carbonyl (C=O) groups is 1. The largest absolute Gasteiger partial charge is 0.497 e. The van der Waals surface area contributed by atoms with Crippen LogP contribution in [-0.4, -0.2) is 12.9 Å². The second-order valence-electron chi connectivity index (χ2n) is 3.50. The molecule has 0 aliphatic heterocycles. The molecule has 1 aromatic rings. The van der Waals surface area contributed by atoms with Crippen LogP contribution in [0, 0.1) is 17.2 Å². The lowest BCUT2D eigenvalue weighted by molar-refractivity contribution is 0.0971. The summed E-state index contributed by atoms with van der Waals surface area (Å²) in [5, 5.41) is 8.66. The monoisotopic (exact) mass is 281 g/mol. The van der Waals surface area contributed by atoms with Crippen LogP contribution < -0.4 is 4.74 Å². The molecule has 0 amide bonds. The molecule has 0 bridgehead atoms. The van der Waals surface area contributed by atoms with Gasteiger partial charge in [0, 0.05) is 16.5 Å². The molecule has 0 aromatic heterocycles. The standard InChI is InChI=1S/C12H12BrNO2/c1-8(7-14)5-12(15)10-6-9(16-2)3-4-11(10)13/h3-4,6,8H,5H2,1-2H3. The van der Waals surface area contributed by atoms with Gasteiger partial charge >= 0.3 is 0 Å². The van der Waals surface area contributed by atoms with Gasteiger partial charge in [0.2, 0.25) is 0 Å². The van der Waals surface area contributed by atoms with Gasteiger partial charge in [0.1, 0.15) is 5.75 Å². The molecule has 3 nitrogen and oxygen atoms in total. The van der Waals surface area contributed by atoms with E-state index in [4.69, 9.17) is 10.00 Å². The highest BCUT2D eigenvalue weighted by Crippen LogP contribution is 2.24. The Morgan fingerprint density at radius 3 is 2.88 bits per heavy atom. The molecule has 1 atom stereocenters. The SMILES string of the molecule is COc1ccc(Br)c(C(=O)CC(C)C#N)c1. The van der Waals surface area contributed by atoms with Crippen molar-refractivity contribution in [3.63, 3.8) is 0 Å². The van der Waals surface area contributed by atoms with Crippen molar-refractivity contribution in [2.75, 3.05) is 7.11 Å². The van der Waals surface area contributed by atoms with Gasteiger partial charge in [0.15, 0.2) is 5.78 Å². The molecule has 0 aliphatic rings. The normalized spacial score (nSPS) is 11.6. The third kappa shape index (κ3) is 3.07. The van der Waals surface area contributed by atoms with E-state index in [0.29, 0.717) is 11.3 Å². The van der Waals surface area contributed by atoms with Crippen LogP contribution in [0.4, 0.5) is 0 Å². The maximum absolute atomic E-state index is 11.9. The van der Waals surface area contributed by atoms with Crippen molar-refractivity contribution >= 4 is 21.7 Å². The molecule has 0 spiro atoms. The van der Waals surface area contributed by atoms with Gasteiger partial charge in [0.25, 0.3) is 0 Å². The van der Waals surface area contributed by atoms with Gasteiger partial charge in [-0.15, -0.1) is 0 Å². The number of halogens is 1. The first-order valence-corrected chi connectivity index (χ1v) is 5.64. The Bertz CT molecular complexity index is 437. The summed E-state index contributed by atoms with van der Waals surface area (Å²) in [5.74, 6) is 0.307. The Kier molecular flexibility index (Phi) is 4.51. The van der Waals surface area contributed by atoms with Crippen molar-refractivity contribution in [3.8, 4) is 11.8 Å². The van der Waals surface area contributed by atoms with Crippen LogP contribution in [0.15, 0.2) is 22.7 Å². The van der Waals surface area contributed by atoms with Crippen LogP contribution in [0.2, 0.25) is 0 Å². The zero-order valence-corrected chi connectivity index (χ0v) is 10.7. The van der Waals surface area contributed by atoms with Crippen molar-refractivity contribution < 1.29 is 9.53 Å². The molecule has 84 valence electrons. The lowest BCUT2D eigenvalue weighted by atomic mass is 10.0. The van der Waals surface area contributed by atoms with Gasteiger partial charge in [-0.05, 0) is 25.1 Å². The predicted octanol–water partition coefficient (Wildman–Crippen LogP) is 3.19. The maximum Gasteiger partial charge on any atom is 0.165 e. The van der Waals surface area contributed by atoms with Crippen molar-refractivity contribution in [2.24, 2.45) is 5.92 Å². The molecule has 4 heteroatoms. The van der Waals surface area contributed by atoms with E-state index in [1.165, 1.54) is 0 Å². The summed E-state index contributed by atoms with van der Waals surface area (Å²) in [6, 6.07) is 7.26. The first-order chi connectivity index (χ1) is 7.58. The number of hydrogen-bond donors (Lipinski definition) is 0. The lowest BCUT2D eigenvalue weighted by Crippen LogP contribution is -2.05. The van der Waals surface area contributed by atoms with E-state index in [1.807, 2.05) is 6.07 Å². The number of hydrogen-bond acceptors (Lipinski definition) is 3. The highest BCUT2D eigenvalue weighted by molar-refractivity contribution is 9.10. The lowest BCUT2D eigenvalue weighted by Gasteiger charge is -2.07. The number of benzene rings is 1. The minimum absolute atomic E-state index is 0.0557. The molecule has 0 saturated carbocycles. The number of rotatable bonds is 4. The number of Topliss-reactive ketones (excluding diaryl/α,β-unsaturated/α-hetero) is 1. The van der Waals surface area contributed by atoms with Gasteiger partial charge < -0.3 is 4.74 Å². The zero-order valence-electron chi connectivity index (χ0n) is 9.16. The van der Waals surface area contributed by atoms with Crippen molar-refractivity contribution in [3.05, 3.63) is 28.2 Å². The first-order valence-electron chi connectivity index (χ1n) is 4.84. The van der Waals surface area contributed by atoms with Crippen LogP contribution in [0.25, 0.3) is 0 Å². The molecule has 1 rings (SSSR count). The number of ketones is 1. The van der Waals surface area contributed by atoms with Gasteiger partial charge in [-0.3, -0.25) is 4.79 Å². The van der Waals surface area contributed by atoms with Gasteiger partial charge in [-0.1, -0.05) is 15.9 Å². The topological polar surface area (TPSA) is 50.1 Å². The molecule has 0 fully saturated rings. The summed E-state index contributed by atoms with van der Waals surface area (Å²) in [5.41, 5.74) is 0.557. The number of nitriles is 1. The third-order valence-electron chi connectivity index (χ3n) is 2.19. The van der Waals surface area contributed by atoms with Crippen LogP contribution in [0.1, 0.15) is 23.7 Å². The summed E-state index contributed by atoms with van der Waals surface area (Å²) in [4.78, 5) is 11.9. The van der Waals surface area contributed by atoms with Crippen LogP contribution in [-0.2, 0) is 0 Å². The minimum Gasteiger partial charge on any atom is -0.497 e. The molecule has 1 unspecified atom stereocenters. The van der Waals surface area contributed by atoms with Crippen molar-refractivity contribution in [1.82, 2.24) is 0 Å². The molecule has 16 heavy (non-hydrogen) atoms. The fourth-order valence-corrected chi connectivity index (χ4v) is 1.75. The van der Waals surface area contributed by atoms with Gasteiger partial charge in [0.05, 0.1) is 19.1 Å². The highest BCUT2D eigenvalue weighted by Gasteiger charge is 2.14. The first kappa shape index (κ1) is 12.7. The van der Waals surface area contributed by atoms with Gasteiger partial charge in [-0.2, -0.15) is 5.26 Å². The van der Waals surface area contributed by atoms with E-state index < -0.39 is 0 Å². The van der Waals surface area contributed by atoms with E-state index in [2.05, 4.69) is 15.9 Å². The van der Waals surface area contributed by atoms with E-state index in [9.17, 15) is 4.79 Å². The van der Waals surface area contributed by atoms with E-state index in [1.54, 1.807) is 32.2 Å². The fourth-order valence-electron chi connectivity index (χ4n) is 1.28. The second kappa shape index (κ2) is 5.66. The zero-order chi connectivity index (χ0) is 12.1. The molecule has 0 N–H and O–H groups in total. The van der Waals surface area contributed by atoms with E-state index >= 15 is 0 Å². The molecular formula is C12H12BrNO2. The van der Waals surface area contributed by atoms with Crippen LogP contribution in [0.5, 0.6) is 5.75 Å². The highest BCUT2D eigenvalue weighted by atomic mass is 79.9. The fraction of sp³-hybridized carbons (Fsp3) is 0.333. The smallest absolute Gasteiger partial charge is 0.165 e. The average Bonchev–Trinajstić information content (AvgIpc) is 2.29. The summed E-state index contributed by atoms with van der Waals surface area (Å²) in [6.07, 6.45) is 0.224. The predicted molar refractivity (Wildman–Crippen MR) is 64.4 cm³/mol. The Morgan fingerprint density at radius 1 is 1.62 bits per heavy atom. The minimum atomic E-state index is -0.273. The number of carbonyl (C=O) groups excluding carboxylic acids is 1. The summed E-state index contributed by atoms with van der Waals surface area (Å²) < 4.78 is 5.78. The molecule has 0 saturated heterocycles. The molecule has 0 heterocycles. The molecule has 0 radical (unpaired) electrons. The third-order valence-corrected chi connectivity index (χ3v) is 2.88. The number of methoxy groups -OCH3 is 1.